The number of para-hydroxylation sites is 1. The van der Waals surface area contributed by atoms with E-state index in [1.165, 1.54) is 38.5 Å². The first-order chi connectivity index (χ1) is 10.3. The molecule has 4 nitrogen and oxygen atoms in total. The van der Waals surface area contributed by atoms with Gasteiger partial charge >= 0.3 is 0 Å². The summed E-state index contributed by atoms with van der Waals surface area (Å²) in [5.41, 5.74) is 2.04. The first-order valence-corrected chi connectivity index (χ1v) is 7.95. The highest BCUT2D eigenvalue weighted by Crippen LogP contribution is 2.26. The topological polar surface area (TPSA) is 51.0 Å². The van der Waals surface area contributed by atoms with E-state index in [1.807, 2.05) is 25.1 Å². The molecule has 1 heterocycles. The largest absolute Gasteiger partial charge is 0.384 e. The molecule has 0 aliphatic heterocycles. The molecular weight excluding hydrogens is 262 g/mol. The molecule has 0 fully saturated rings. The van der Waals surface area contributed by atoms with Crippen molar-refractivity contribution in [1.29, 1.82) is 0 Å². The van der Waals surface area contributed by atoms with Gasteiger partial charge in [-0.1, -0.05) is 56.3 Å². The Labute approximate surface area is 127 Å². The van der Waals surface area contributed by atoms with Crippen molar-refractivity contribution in [3.8, 4) is 11.5 Å². The molecule has 4 heteroatoms. The number of nitrogens with one attached hydrogen (secondary N) is 1. The number of hydrogen-bond donors (Lipinski definition) is 1. The lowest BCUT2D eigenvalue weighted by molar-refractivity contribution is 0.426. The quantitative estimate of drug-likeness (QED) is 0.672. The molecule has 21 heavy (non-hydrogen) atoms. The minimum Gasteiger partial charge on any atom is -0.384 e. The Hall–Kier alpha value is -1.84. The maximum absolute atomic E-state index is 5.26. The van der Waals surface area contributed by atoms with Gasteiger partial charge in [0.25, 0.3) is 5.89 Å². The molecule has 1 N–H and O–H groups in total. The summed E-state index contributed by atoms with van der Waals surface area (Å²) in [4.78, 5) is 4.30. The highest BCUT2D eigenvalue weighted by atomic mass is 16.5. The van der Waals surface area contributed by atoms with Crippen LogP contribution in [0, 0.1) is 6.92 Å². The van der Waals surface area contributed by atoms with Gasteiger partial charge < -0.3 is 9.84 Å². The summed E-state index contributed by atoms with van der Waals surface area (Å²) in [5.74, 6) is 1.24. The van der Waals surface area contributed by atoms with E-state index in [4.69, 9.17) is 4.52 Å². The maximum Gasteiger partial charge on any atom is 0.260 e. The minimum absolute atomic E-state index is 0.582. The number of aromatic nitrogens is 2. The Balaban J connectivity index is 1.83. The van der Waals surface area contributed by atoms with Crippen LogP contribution in [0.3, 0.4) is 0 Å². The van der Waals surface area contributed by atoms with Crippen molar-refractivity contribution >= 4 is 5.69 Å². The van der Waals surface area contributed by atoms with Crippen LogP contribution in [0.15, 0.2) is 28.8 Å². The molecule has 0 aliphatic carbocycles. The SMILES string of the molecule is CCCCCCCCNc1ccccc1-c1nc(C)no1. The molecule has 0 atom stereocenters. The van der Waals surface area contributed by atoms with Crippen LogP contribution in [0.1, 0.15) is 51.3 Å². The normalized spacial score (nSPS) is 10.8. The summed E-state index contributed by atoms with van der Waals surface area (Å²) in [5, 5.41) is 7.34. The smallest absolute Gasteiger partial charge is 0.260 e. The van der Waals surface area contributed by atoms with Gasteiger partial charge in [-0.05, 0) is 25.5 Å². The van der Waals surface area contributed by atoms with Crippen LogP contribution in [0.25, 0.3) is 11.5 Å². The molecule has 1 aromatic heterocycles. The fraction of sp³-hybridized carbons (Fsp3) is 0.529. The summed E-state index contributed by atoms with van der Waals surface area (Å²) in [6, 6.07) is 8.09. The number of benzene rings is 1. The van der Waals surface area contributed by atoms with Crippen LogP contribution in [0.2, 0.25) is 0 Å². The third-order valence-corrected chi connectivity index (χ3v) is 3.53. The Morgan fingerprint density at radius 3 is 2.57 bits per heavy atom. The van der Waals surface area contributed by atoms with E-state index in [0.29, 0.717) is 11.7 Å². The summed E-state index contributed by atoms with van der Waals surface area (Å²) >= 11 is 0. The lowest BCUT2D eigenvalue weighted by atomic mass is 10.1. The highest BCUT2D eigenvalue weighted by Gasteiger charge is 2.10. The predicted octanol–water partition coefficient (Wildman–Crippen LogP) is 4.82. The van der Waals surface area contributed by atoms with Gasteiger partial charge in [-0.3, -0.25) is 0 Å². The Kier molecular flexibility index (Phi) is 6.25. The lowest BCUT2D eigenvalue weighted by Gasteiger charge is -2.09. The minimum atomic E-state index is 0.582. The number of nitrogens with zero attached hydrogens (tertiary/aromatic N) is 2. The molecule has 0 saturated heterocycles. The standard InChI is InChI=1S/C17H25N3O/c1-3-4-5-6-7-10-13-18-16-12-9-8-11-15(16)17-19-14(2)20-21-17/h8-9,11-12,18H,3-7,10,13H2,1-2H3. The first-order valence-electron chi connectivity index (χ1n) is 7.95. The van der Waals surface area contributed by atoms with E-state index >= 15 is 0 Å². The van der Waals surface area contributed by atoms with E-state index < -0.39 is 0 Å². The van der Waals surface area contributed by atoms with Crippen molar-refractivity contribution in [1.82, 2.24) is 10.1 Å². The van der Waals surface area contributed by atoms with Gasteiger partial charge in [0.15, 0.2) is 5.82 Å². The highest BCUT2D eigenvalue weighted by molar-refractivity contribution is 5.72. The van der Waals surface area contributed by atoms with Gasteiger partial charge in [-0.25, -0.2) is 0 Å². The lowest BCUT2D eigenvalue weighted by Crippen LogP contribution is -2.02. The molecule has 2 rings (SSSR count). The fourth-order valence-electron chi connectivity index (χ4n) is 2.36. The molecule has 0 saturated carbocycles. The predicted molar refractivity (Wildman–Crippen MR) is 86.3 cm³/mol. The average Bonchev–Trinajstić information content (AvgIpc) is 2.93. The van der Waals surface area contributed by atoms with E-state index in [2.05, 4.69) is 28.4 Å². The molecule has 0 bridgehead atoms. The van der Waals surface area contributed by atoms with Gasteiger partial charge in [0.2, 0.25) is 0 Å². The number of rotatable bonds is 9. The second kappa shape index (κ2) is 8.45. The molecular formula is C17H25N3O. The average molecular weight is 287 g/mol. The van der Waals surface area contributed by atoms with Crippen molar-refractivity contribution in [2.24, 2.45) is 0 Å². The number of anilines is 1. The maximum atomic E-state index is 5.26. The van der Waals surface area contributed by atoms with Crippen LogP contribution in [-0.2, 0) is 0 Å². The van der Waals surface area contributed by atoms with Gasteiger partial charge in [0.05, 0.1) is 5.56 Å². The van der Waals surface area contributed by atoms with Gasteiger partial charge in [0, 0.05) is 12.2 Å². The Morgan fingerprint density at radius 1 is 1.05 bits per heavy atom. The zero-order valence-corrected chi connectivity index (χ0v) is 13.1. The second-order valence-electron chi connectivity index (χ2n) is 5.39. The number of aryl methyl sites for hydroxylation is 1. The molecule has 0 aliphatic rings. The van der Waals surface area contributed by atoms with E-state index in [-0.39, 0.29) is 0 Å². The van der Waals surface area contributed by atoms with Crippen molar-refractivity contribution in [3.05, 3.63) is 30.1 Å². The van der Waals surface area contributed by atoms with Crippen LogP contribution in [0.4, 0.5) is 5.69 Å². The zero-order chi connectivity index (χ0) is 14.9. The van der Waals surface area contributed by atoms with Gasteiger partial charge in [-0.2, -0.15) is 4.98 Å². The molecule has 0 amide bonds. The third kappa shape index (κ3) is 4.88. The number of unbranched alkanes of at least 4 members (excludes halogenated alkanes) is 5. The molecule has 0 unspecified atom stereocenters. The number of hydrogen-bond acceptors (Lipinski definition) is 4. The van der Waals surface area contributed by atoms with Crippen LogP contribution < -0.4 is 5.32 Å². The zero-order valence-electron chi connectivity index (χ0n) is 13.1. The van der Waals surface area contributed by atoms with Gasteiger partial charge in [0.1, 0.15) is 0 Å². The van der Waals surface area contributed by atoms with Gasteiger partial charge in [-0.15, -0.1) is 0 Å². The summed E-state index contributed by atoms with van der Waals surface area (Å²) in [6.45, 7) is 5.06. The Morgan fingerprint density at radius 2 is 1.81 bits per heavy atom. The molecule has 0 spiro atoms. The first kappa shape index (κ1) is 15.5. The summed E-state index contributed by atoms with van der Waals surface area (Å²) < 4.78 is 5.26. The second-order valence-corrected chi connectivity index (χ2v) is 5.39. The summed E-state index contributed by atoms with van der Waals surface area (Å²) in [7, 11) is 0. The van der Waals surface area contributed by atoms with E-state index in [1.54, 1.807) is 0 Å². The third-order valence-electron chi connectivity index (χ3n) is 3.53. The van der Waals surface area contributed by atoms with E-state index in [0.717, 1.165) is 17.8 Å². The van der Waals surface area contributed by atoms with Crippen molar-refractivity contribution in [2.45, 2.75) is 52.4 Å². The fourth-order valence-corrected chi connectivity index (χ4v) is 2.36. The molecule has 114 valence electrons. The molecule has 1 aromatic carbocycles. The van der Waals surface area contributed by atoms with E-state index in [9.17, 15) is 0 Å². The van der Waals surface area contributed by atoms with Crippen LogP contribution in [-0.4, -0.2) is 16.7 Å². The van der Waals surface area contributed by atoms with Crippen molar-refractivity contribution < 1.29 is 4.52 Å². The monoisotopic (exact) mass is 287 g/mol. The van der Waals surface area contributed by atoms with Crippen LogP contribution in [0.5, 0.6) is 0 Å². The summed E-state index contributed by atoms with van der Waals surface area (Å²) in [6.07, 6.45) is 7.83. The van der Waals surface area contributed by atoms with Crippen LogP contribution >= 0.6 is 0 Å². The molecule has 2 aromatic rings. The van der Waals surface area contributed by atoms with Crippen molar-refractivity contribution in [3.63, 3.8) is 0 Å². The van der Waals surface area contributed by atoms with Crippen molar-refractivity contribution in [2.75, 3.05) is 11.9 Å². The molecule has 0 radical (unpaired) electrons. The Bertz CT molecular complexity index is 536.